The van der Waals surface area contributed by atoms with Crippen LogP contribution in [0.5, 0.6) is 5.75 Å². The van der Waals surface area contributed by atoms with Crippen LogP contribution in [0.3, 0.4) is 0 Å². The van der Waals surface area contributed by atoms with E-state index in [0.717, 1.165) is 22.4 Å². The fourth-order valence-electron chi connectivity index (χ4n) is 2.25. The summed E-state index contributed by atoms with van der Waals surface area (Å²) in [5, 5.41) is 3.12. The maximum Gasteiger partial charge on any atom is 0.411 e. The molecule has 6 heteroatoms. The molecule has 0 spiro atoms. The number of nitrogens with one attached hydrogen (secondary N) is 1. The molecular weight excluding hydrogens is 283 g/mol. The smallest absolute Gasteiger partial charge is 0.411 e. The molecule has 21 heavy (non-hydrogen) atoms. The molecule has 1 atom stereocenters. The molecule has 0 aliphatic heterocycles. The predicted octanol–water partition coefficient (Wildman–Crippen LogP) is 3.54. The molecule has 0 aliphatic rings. The van der Waals surface area contributed by atoms with Crippen molar-refractivity contribution in [2.24, 2.45) is 0 Å². The third-order valence-electron chi connectivity index (χ3n) is 3.32. The maximum absolute atomic E-state index is 12.0. The van der Waals surface area contributed by atoms with Gasteiger partial charge < -0.3 is 14.8 Å². The summed E-state index contributed by atoms with van der Waals surface area (Å²) in [6.45, 7) is 2.74. The van der Waals surface area contributed by atoms with Crippen LogP contribution < -0.4 is 10.1 Å². The van der Waals surface area contributed by atoms with E-state index in [9.17, 15) is 13.2 Å². The number of methoxy groups -OCH3 is 1. The SMILES string of the molecule is CNC(CCOCC(F)(F)F)c1cc(C)c(OC)cc1C. The van der Waals surface area contributed by atoms with Crippen LogP contribution >= 0.6 is 0 Å². The van der Waals surface area contributed by atoms with Gasteiger partial charge in [-0.3, -0.25) is 0 Å². The average molecular weight is 305 g/mol. The van der Waals surface area contributed by atoms with Gasteiger partial charge >= 0.3 is 6.18 Å². The zero-order valence-corrected chi connectivity index (χ0v) is 12.8. The largest absolute Gasteiger partial charge is 0.496 e. The number of benzene rings is 1. The van der Waals surface area contributed by atoms with Crippen molar-refractivity contribution in [3.63, 3.8) is 0 Å². The number of hydrogen-bond donors (Lipinski definition) is 1. The standard InChI is InChI=1S/C15H22F3NO2/c1-10-8-14(20-4)11(2)7-12(10)13(19-3)5-6-21-9-15(16,17)18/h7-8,13,19H,5-6,9H2,1-4H3. The summed E-state index contributed by atoms with van der Waals surface area (Å²) in [4.78, 5) is 0. The summed E-state index contributed by atoms with van der Waals surface area (Å²) in [6.07, 6.45) is -3.80. The van der Waals surface area contributed by atoms with E-state index in [1.54, 1.807) is 14.2 Å². The van der Waals surface area contributed by atoms with Gasteiger partial charge in [-0.25, -0.2) is 0 Å². The van der Waals surface area contributed by atoms with Crippen molar-refractivity contribution in [3.8, 4) is 5.75 Å². The first-order chi connectivity index (χ1) is 9.78. The average Bonchev–Trinajstić information content (AvgIpc) is 2.40. The molecule has 0 aromatic heterocycles. The fourth-order valence-corrected chi connectivity index (χ4v) is 2.25. The van der Waals surface area contributed by atoms with Gasteiger partial charge in [0, 0.05) is 12.6 Å². The van der Waals surface area contributed by atoms with E-state index < -0.39 is 12.8 Å². The van der Waals surface area contributed by atoms with E-state index in [-0.39, 0.29) is 12.6 Å². The zero-order valence-electron chi connectivity index (χ0n) is 12.8. The number of aryl methyl sites for hydroxylation is 2. The summed E-state index contributed by atoms with van der Waals surface area (Å²) in [6, 6.07) is 3.88. The van der Waals surface area contributed by atoms with E-state index in [4.69, 9.17) is 4.74 Å². The monoisotopic (exact) mass is 305 g/mol. The summed E-state index contributed by atoms with van der Waals surface area (Å²) in [5.41, 5.74) is 3.08. The first-order valence-electron chi connectivity index (χ1n) is 6.75. The minimum absolute atomic E-state index is 0.0511. The second-order valence-corrected chi connectivity index (χ2v) is 4.98. The van der Waals surface area contributed by atoms with Crippen molar-refractivity contribution in [1.29, 1.82) is 0 Å². The third kappa shape index (κ3) is 5.55. The molecule has 0 aliphatic carbocycles. The highest BCUT2D eigenvalue weighted by Crippen LogP contribution is 2.28. The van der Waals surface area contributed by atoms with Gasteiger partial charge in [0.1, 0.15) is 12.4 Å². The molecule has 1 unspecified atom stereocenters. The lowest BCUT2D eigenvalue weighted by Gasteiger charge is -2.21. The first-order valence-corrected chi connectivity index (χ1v) is 6.75. The van der Waals surface area contributed by atoms with Crippen LogP contribution in [0.4, 0.5) is 13.2 Å². The van der Waals surface area contributed by atoms with Crippen molar-refractivity contribution in [3.05, 3.63) is 28.8 Å². The quantitative estimate of drug-likeness (QED) is 0.782. The Balaban J connectivity index is 2.70. The van der Waals surface area contributed by atoms with Crippen molar-refractivity contribution in [2.45, 2.75) is 32.5 Å². The molecule has 0 saturated heterocycles. The van der Waals surface area contributed by atoms with Crippen molar-refractivity contribution in [2.75, 3.05) is 27.4 Å². The lowest BCUT2D eigenvalue weighted by atomic mass is 9.96. The first kappa shape index (κ1) is 17.8. The molecule has 1 rings (SSSR count). The molecule has 0 heterocycles. The molecule has 0 saturated carbocycles. The Morgan fingerprint density at radius 1 is 1.19 bits per heavy atom. The summed E-state index contributed by atoms with van der Waals surface area (Å²) >= 11 is 0. The Morgan fingerprint density at radius 3 is 2.38 bits per heavy atom. The Hall–Kier alpha value is -1.27. The predicted molar refractivity (Wildman–Crippen MR) is 75.8 cm³/mol. The Labute approximate surface area is 123 Å². The second kappa shape index (κ2) is 7.66. The van der Waals surface area contributed by atoms with Gasteiger partial charge in [-0.2, -0.15) is 13.2 Å². The van der Waals surface area contributed by atoms with Crippen molar-refractivity contribution < 1.29 is 22.6 Å². The van der Waals surface area contributed by atoms with Gasteiger partial charge in [0.15, 0.2) is 0 Å². The Kier molecular flexibility index (Phi) is 6.48. The minimum atomic E-state index is -4.28. The maximum atomic E-state index is 12.0. The molecule has 0 amide bonds. The lowest BCUT2D eigenvalue weighted by Crippen LogP contribution is -2.22. The zero-order chi connectivity index (χ0) is 16.0. The summed E-state index contributed by atoms with van der Waals surface area (Å²) in [5.74, 6) is 0.805. The lowest BCUT2D eigenvalue weighted by molar-refractivity contribution is -0.174. The number of alkyl halides is 3. The highest BCUT2D eigenvalue weighted by Gasteiger charge is 2.27. The van der Waals surface area contributed by atoms with Crippen LogP contribution in [-0.4, -0.2) is 33.5 Å². The van der Waals surface area contributed by atoms with E-state index in [0.29, 0.717) is 6.42 Å². The molecule has 120 valence electrons. The van der Waals surface area contributed by atoms with E-state index in [1.165, 1.54) is 0 Å². The van der Waals surface area contributed by atoms with Gasteiger partial charge in [0.2, 0.25) is 0 Å². The van der Waals surface area contributed by atoms with Crippen LogP contribution in [0.1, 0.15) is 29.2 Å². The second-order valence-electron chi connectivity index (χ2n) is 4.98. The molecule has 0 bridgehead atoms. The molecule has 1 N–H and O–H groups in total. The molecule has 0 radical (unpaired) electrons. The molecule has 1 aromatic carbocycles. The molecule has 1 aromatic rings. The molecule has 3 nitrogen and oxygen atoms in total. The van der Waals surface area contributed by atoms with Crippen molar-refractivity contribution >= 4 is 0 Å². The van der Waals surface area contributed by atoms with Gasteiger partial charge in [-0.15, -0.1) is 0 Å². The number of hydrogen-bond acceptors (Lipinski definition) is 3. The van der Waals surface area contributed by atoms with E-state index >= 15 is 0 Å². The topological polar surface area (TPSA) is 30.5 Å². The van der Waals surface area contributed by atoms with Crippen LogP contribution in [-0.2, 0) is 4.74 Å². The highest BCUT2D eigenvalue weighted by atomic mass is 19.4. The van der Waals surface area contributed by atoms with Gasteiger partial charge in [-0.1, -0.05) is 6.07 Å². The molecular formula is C15H22F3NO2. The Morgan fingerprint density at radius 2 is 1.86 bits per heavy atom. The third-order valence-corrected chi connectivity index (χ3v) is 3.32. The van der Waals surface area contributed by atoms with Crippen LogP contribution in [0.25, 0.3) is 0 Å². The number of halogens is 3. The Bertz CT molecular complexity index is 461. The van der Waals surface area contributed by atoms with E-state index in [1.807, 2.05) is 26.0 Å². The normalized spacial score (nSPS) is 13.3. The van der Waals surface area contributed by atoms with Gasteiger partial charge in [0.25, 0.3) is 0 Å². The number of rotatable bonds is 7. The van der Waals surface area contributed by atoms with Crippen molar-refractivity contribution in [1.82, 2.24) is 5.32 Å². The minimum Gasteiger partial charge on any atom is -0.496 e. The number of ether oxygens (including phenoxy) is 2. The summed E-state index contributed by atoms with van der Waals surface area (Å²) in [7, 11) is 3.40. The van der Waals surface area contributed by atoms with E-state index in [2.05, 4.69) is 10.1 Å². The van der Waals surface area contributed by atoms with Crippen LogP contribution in [0, 0.1) is 13.8 Å². The van der Waals surface area contributed by atoms with Gasteiger partial charge in [-0.05, 0) is 50.1 Å². The summed E-state index contributed by atoms with van der Waals surface area (Å²) < 4.78 is 46.0. The van der Waals surface area contributed by atoms with Crippen LogP contribution in [0.15, 0.2) is 12.1 Å². The van der Waals surface area contributed by atoms with Gasteiger partial charge in [0.05, 0.1) is 7.11 Å². The highest BCUT2D eigenvalue weighted by molar-refractivity contribution is 5.42. The fraction of sp³-hybridized carbons (Fsp3) is 0.600. The van der Waals surface area contributed by atoms with Crippen LogP contribution in [0.2, 0.25) is 0 Å². The molecule has 0 fully saturated rings.